The molecule has 2 heterocycles. The predicted molar refractivity (Wildman–Crippen MR) is 54.7 cm³/mol. The van der Waals surface area contributed by atoms with Gasteiger partial charge in [0.05, 0.1) is 10.7 Å². The first-order chi connectivity index (χ1) is 7.09. The lowest BCUT2D eigenvalue weighted by Gasteiger charge is -2.00. The molecule has 0 aliphatic heterocycles. The van der Waals surface area contributed by atoms with Gasteiger partial charge in [0.2, 0.25) is 12.1 Å². The van der Waals surface area contributed by atoms with Crippen molar-refractivity contribution in [3.63, 3.8) is 0 Å². The maximum absolute atomic E-state index is 10.7. The molecule has 15 heavy (non-hydrogen) atoms. The third-order valence-corrected chi connectivity index (χ3v) is 2.24. The molecule has 2 aromatic heterocycles. The highest BCUT2D eigenvalue weighted by molar-refractivity contribution is 9.10. The van der Waals surface area contributed by atoms with Crippen molar-refractivity contribution in [2.45, 2.75) is 0 Å². The zero-order valence-corrected chi connectivity index (χ0v) is 9.25. The highest BCUT2D eigenvalue weighted by atomic mass is 79.9. The molecule has 0 aliphatic rings. The topological polar surface area (TPSA) is 78.8 Å². The number of nitrogens with zero attached hydrogens (tertiary/aromatic N) is 5. The van der Waals surface area contributed by atoms with Crippen molar-refractivity contribution in [2.24, 2.45) is 7.05 Å². The van der Waals surface area contributed by atoms with Gasteiger partial charge in [0.25, 0.3) is 0 Å². The van der Waals surface area contributed by atoms with E-state index in [1.165, 1.54) is 15.6 Å². The summed E-state index contributed by atoms with van der Waals surface area (Å²) in [4.78, 5) is 13.8. The van der Waals surface area contributed by atoms with E-state index in [1.54, 1.807) is 19.4 Å². The molecule has 0 saturated heterocycles. The van der Waals surface area contributed by atoms with E-state index in [1.807, 2.05) is 0 Å². The van der Waals surface area contributed by atoms with Crippen LogP contribution in [0.3, 0.4) is 0 Å². The highest BCUT2D eigenvalue weighted by Gasteiger charge is 2.22. The first-order valence-corrected chi connectivity index (χ1v) is 4.75. The molecule has 0 spiro atoms. The van der Waals surface area contributed by atoms with Crippen molar-refractivity contribution in [3.05, 3.63) is 33.3 Å². The zero-order chi connectivity index (χ0) is 11.0. The second kappa shape index (κ2) is 3.46. The average Bonchev–Trinajstić information content (AvgIpc) is 2.71. The Labute approximate surface area is 92.6 Å². The molecule has 7 nitrogen and oxygen atoms in total. The minimum absolute atomic E-state index is 0.215. The van der Waals surface area contributed by atoms with Crippen molar-refractivity contribution in [1.82, 2.24) is 19.3 Å². The molecular weight excluding hydrogens is 266 g/mol. The molecule has 0 bridgehead atoms. The first-order valence-electron chi connectivity index (χ1n) is 3.96. The third kappa shape index (κ3) is 1.63. The molecule has 0 aliphatic carbocycles. The Hall–Kier alpha value is -1.70. The summed E-state index contributed by atoms with van der Waals surface area (Å²) in [6.07, 6.45) is 4.56. The third-order valence-electron chi connectivity index (χ3n) is 1.83. The number of rotatable bonds is 2. The van der Waals surface area contributed by atoms with Crippen LogP contribution in [0.15, 0.2) is 23.2 Å². The van der Waals surface area contributed by atoms with E-state index >= 15 is 0 Å². The van der Waals surface area contributed by atoms with Crippen molar-refractivity contribution < 1.29 is 4.92 Å². The van der Waals surface area contributed by atoms with Crippen LogP contribution >= 0.6 is 15.9 Å². The van der Waals surface area contributed by atoms with Gasteiger partial charge in [0.15, 0.2) is 0 Å². The molecule has 0 fully saturated rings. The lowest BCUT2D eigenvalue weighted by atomic mass is 10.6. The molecule has 8 heteroatoms. The summed E-state index contributed by atoms with van der Waals surface area (Å²) in [6, 6.07) is 0. The number of halogens is 1. The molecule has 0 saturated carbocycles. The number of nitro groups is 1. The molecule has 2 rings (SSSR count). The van der Waals surface area contributed by atoms with Gasteiger partial charge in [-0.3, -0.25) is 4.57 Å². The zero-order valence-electron chi connectivity index (χ0n) is 7.66. The van der Waals surface area contributed by atoms with E-state index in [0.717, 1.165) is 4.47 Å². The first kappa shape index (κ1) is 9.84. The van der Waals surface area contributed by atoms with Crippen LogP contribution in [0.5, 0.6) is 0 Å². The standard InChI is InChI=1S/C7H6BrN5O2/c1-11-4-9-6(13(14)15)7(11)12-3-5(8)2-10-12/h2-4H,1H3. The SMILES string of the molecule is Cn1cnc([N+](=O)[O-])c1-n1cc(Br)cn1. The summed E-state index contributed by atoms with van der Waals surface area (Å²) in [5.41, 5.74) is 0. The van der Waals surface area contributed by atoms with Crippen LogP contribution in [0.4, 0.5) is 5.82 Å². The summed E-state index contributed by atoms with van der Waals surface area (Å²) in [6.45, 7) is 0. The molecule has 0 atom stereocenters. The van der Waals surface area contributed by atoms with Crippen molar-refractivity contribution >= 4 is 21.7 Å². The highest BCUT2D eigenvalue weighted by Crippen LogP contribution is 2.20. The van der Waals surface area contributed by atoms with Gasteiger partial charge >= 0.3 is 5.82 Å². The lowest BCUT2D eigenvalue weighted by molar-refractivity contribution is -0.389. The average molecular weight is 272 g/mol. The predicted octanol–water partition coefficient (Wildman–Crippen LogP) is 1.28. The summed E-state index contributed by atoms with van der Waals surface area (Å²) in [5, 5.41) is 14.7. The summed E-state index contributed by atoms with van der Waals surface area (Å²) < 4.78 is 3.69. The quantitative estimate of drug-likeness (QED) is 0.609. The van der Waals surface area contributed by atoms with Gasteiger partial charge in [-0.2, -0.15) is 5.10 Å². The second-order valence-corrected chi connectivity index (χ2v) is 3.78. The van der Waals surface area contributed by atoms with Crippen LogP contribution in [-0.4, -0.2) is 24.3 Å². The van der Waals surface area contributed by atoms with Crippen LogP contribution in [0, 0.1) is 10.1 Å². The summed E-state index contributed by atoms with van der Waals surface area (Å²) in [7, 11) is 1.67. The Balaban J connectivity index is 2.60. The van der Waals surface area contributed by atoms with Crippen LogP contribution in [0.25, 0.3) is 5.82 Å². The fraction of sp³-hybridized carbons (Fsp3) is 0.143. The van der Waals surface area contributed by atoms with Crippen molar-refractivity contribution in [1.29, 1.82) is 0 Å². The smallest absolute Gasteiger partial charge is 0.358 e. The maximum atomic E-state index is 10.7. The van der Waals surface area contributed by atoms with Gasteiger partial charge in [-0.05, 0) is 25.8 Å². The largest absolute Gasteiger partial charge is 0.408 e. The number of imidazole rings is 1. The molecular formula is C7H6BrN5O2. The van der Waals surface area contributed by atoms with Crippen LogP contribution < -0.4 is 0 Å². The molecule has 0 aromatic carbocycles. The second-order valence-electron chi connectivity index (χ2n) is 2.86. The monoisotopic (exact) mass is 271 g/mol. The van der Waals surface area contributed by atoms with Crippen LogP contribution in [0.2, 0.25) is 0 Å². The Kier molecular flexibility index (Phi) is 2.27. The minimum Gasteiger partial charge on any atom is -0.358 e. The Morgan fingerprint density at radius 2 is 2.33 bits per heavy atom. The van der Waals surface area contributed by atoms with Gasteiger partial charge in [-0.15, -0.1) is 0 Å². The Bertz CT molecular complexity index is 517. The van der Waals surface area contributed by atoms with E-state index < -0.39 is 4.92 Å². The van der Waals surface area contributed by atoms with Gasteiger partial charge in [0.1, 0.15) is 0 Å². The normalized spacial score (nSPS) is 10.5. The number of aryl methyl sites for hydroxylation is 1. The van der Waals surface area contributed by atoms with E-state index in [0.29, 0.717) is 5.82 Å². The van der Waals surface area contributed by atoms with Crippen LogP contribution in [-0.2, 0) is 7.05 Å². The molecule has 0 amide bonds. The lowest BCUT2D eigenvalue weighted by Crippen LogP contribution is -2.04. The van der Waals surface area contributed by atoms with E-state index in [4.69, 9.17) is 0 Å². The van der Waals surface area contributed by atoms with Gasteiger partial charge < -0.3 is 10.1 Å². The van der Waals surface area contributed by atoms with Gasteiger partial charge in [0, 0.05) is 13.2 Å². The van der Waals surface area contributed by atoms with Crippen molar-refractivity contribution in [2.75, 3.05) is 0 Å². The van der Waals surface area contributed by atoms with Gasteiger partial charge in [-0.25, -0.2) is 4.68 Å². The fourth-order valence-electron chi connectivity index (χ4n) is 1.22. The van der Waals surface area contributed by atoms with Crippen molar-refractivity contribution in [3.8, 4) is 5.82 Å². The van der Waals surface area contributed by atoms with E-state index in [-0.39, 0.29) is 5.82 Å². The van der Waals surface area contributed by atoms with Crippen LogP contribution in [0.1, 0.15) is 0 Å². The van der Waals surface area contributed by atoms with E-state index in [9.17, 15) is 10.1 Å². The molecule has 78 valence electrons. The number of hydrogen-bond acceptors (Lipinski definition) is 4. The number of aromatic nitrogens is 4. The summed E-state index contributed by atoms with van der Waals surface area (Å²) in [5.74, 6) is 0.110. The van der Waals surface area contributed by atoms with Gasteiger partial charge in [-0.1, -0.05) is 0 Å². The molecule has 2 aromatic rings. The Morgan fingerprint density at radius 1 is 1.60 bits per heavy atom. The Morgan fingerprint density at radius 3 is 2.87 bits per heavy atom. The fourth-order valence-corrected chi connectivity index (χ4v) is 1.51. The summed E-state index contributed by atoms with van der Waals surface area (Å²) >= 11 is 3.22. The number of hydrogen-bond donors (Lipinski definition) is 0. The maximum Gasteiger partial charge on any atom is 0.408 e. The molecule has 0 N–H and O–H groups in total. The molecule has 0 radical (unpaired) electrons. The van der Waals surface area contributed by atoms with E-state index in [2.05, 4.69) is 26.0 Å². The molecule has 0 unspecified atom stereocenters. The minimum atomic E-state index is -0.537.